The number of Topliss-reactive ketones (excluding diaryl/α,β-unsaturated/α-hetero) is 1. The largest absolute Gasteiger partial charge is 0.465 e. The third-order valence-electron chi connectivity index (χ3n) is 3.68. The Hall–Kier alpha value is -0.860. The summed E-state index contributed by atoms with van der Waals surface area (Å²) < 4.78 is 5.12. The second-order valence-corrected chi connectivity index (χ2v) is 5.53. The Kier molecular flexibility index (Phi) is 12.6. The van der Waals surface area contributed by atoms with Crippen LogP contribution in [0.25, 0.3) is 0 Å². The zero-order valence-corrected chi connectivity index (χ0v) is 13.6. The van der Waals surface area contributed by atoms with E-state index in [1.807, 2.05) is 6.92 Å². The van der Waals surface area contributed by atoms with Crippen molar-refractivity contribution in [2.45, 2.75) is 85.0 Å². The number of ketones is 1. The standard InChI is InChI=1S/C17H32O3/c1-4-7-9-11-13-20-17(19)14-16(18)15(6-3)12-10-8-5-2/h15H,4-14H2,1-3H3. The quantitative estimate of drug-likeness (QED) is 0.280. The minimum absolute atomic E-state index is 0.0363. The number of unbranched alkanes of at least 4 members (excludes halogenated alkanes) is 5. The maximum atomic E-state index is 12.0. The molecule has 0 aliphatic rings. The number of ether oxygens (including phenoxy) is 1. The third kappa shape index (κ3) is 9.99. The molecule has 0 aliphatic carbocycles. The smallest absolute Gasteiger partial charge is 0.313 e. The van der Waals surface area contributed by atoms with E-state index in [0.29, 0.717) is 6.61 Å². The normalized spacial score (nSPS) is 12.2. The van der Waals surface area contributed by atoms with Gasteiger partial charge in [-0.3, -0.25) is 9.59 Å². The van der Waals surface area contributed by atoms with Gasteiger partial charge in [0.2, 0.25) is 0 Å². The van der Waals surface area contributed by atoms with Crippen LogP contribution >= 0.6 is 0 Å². The lowest BCUT2D eigenvalue weighted by atomic mass is 9.92. The number of hydrogen-bond donors (Lipinski definition) is 0. The molecule has 0 aromatic rings. The Balaban J connectivity index is 3.82. The van der Waals surface area contributed by atoms with Gasteiger partial charge in [0.25, 0.3) is 0 Å². The number of rotatable bonds is 13. The van der Waals surface area contributed by atoms with Crippen LogP contribution < -0.4 is 0 Å². The van der Waals surface area contributed by atoms with E-state index in [2.05, 4.69) is 13.8 Å². The summed E-state index contributed by atoms with van der Waals surface area (Å²) in [6.45, 7) is 6.77. The van der Waals surface area contributed by atoms with E-state index in [1.54, 1.807) is 0 Å². The van der Waals surface area contributed by atoms with Crippen molar-refractivity contribution in [1.29, 1.82) is 0 Å². The van der Waals surface area contributed by atoms with Crippen LogP contribution in [0.3, 0.4) is 0 Å². The van der Waals surface area contributed by atoms with Crippen LogP contribution in [-0.4, -0.2) is 18.4 Å². The highest BCUT2D eigenvalue weighted by molar-refractivity contribution is 5.96. The lowest BCUT2D eigenvalue weighted by Gasteiger charge is -2.13. The van der Waals surface area contributed by atoms with Gasteiger partial charge in [-0.2, -0.15) is 0 Å². The van der Waals surface area contributed by atoms with Crippen LogP contribution in [0.15, 0.2) is 0 Å². The molecule has 0 aromatic heterocycles. The number of hydrogen-bond acceptors (Lipinski definition) is 3. The summed E-state index contributed by atoms with van der Waals surface area (Å²) in [6, 6.07) is 0. The van der Waals surface area contributed by atoms with Gasteiger partial charge in [-0.1, -0.05) is 59.3 Å². The average Bonchev–Trinajstić information content (AvgIpc) is 2.43. The highest BCUT2D eigenvalue weighted by atomic mass is 16.5. The van der Waals surface area contributed by atoms with Gasteiger partial charge in [0, 0.05) is 5.92 Å². The molecule has 0 heterocycles. The van der Waals surface area contributed by atoms with E-state index in [4.69, 9.17) is 4.74 Å². The Labute approximate surface area is 124 Å². The maximum Gasteiger partial charge on any atom is 0.313 e. The van der Waals surface area contributed by atoms with E-state index in [9.17, 15) is 9.59 Å². The zero-order valence-electron chi connectivity index (χ0n) is 13.6. The molecule has 0 spiro atoms. The first-order valence-corrected chi connectivity index (χ1v) is 8.33. The number of carbonyl (C=O) groups excluding carboxylic acids is 2. The lowest BCUT2D eigenvalue weighted by molar-refractivity contribution is -0.147. The van der Waals surface area contributed by atoms with E-state index in [-0.39, 0.29) is 24.1 Å². The van der Waals surface area contributed by atoms with E-state index < -0.39 is 0 Å². The molecule has 0 saturated heterocycles. The molecule has 0 aromatic carbocycles. The van der Waals surface area contributed by atoms with Gasteiger partial charge in [0.1, 0.15) is 12.2 Å². The Morgan fingerprint density at radius 3 is 2.15 bits per heavy atom. The van der Waals surface area contributed by atoms with Crippen molar-refractivity contribution in [3.8, 4) is 0 Å². The predicted octanol–water partition coefficient (Wildman–Crippen LogP) is 4.68. The Bertz CT molecular complexity index is 261. The first-order chi connectivity index (χ1) is 9.65. The second kappa shape index (κ2) is 13.1. The van der Waals surface area contributed by atoms with Gasteiger partial charge in [-0.25, -0.2) is 0 Å². The fourth-order valence-corrected chi connectivity index (χ4v) is 2.29. The maximum absolute atomic E-state index is 12.0. The van der Waals surface area contributed by atoms with Crippen LogP contribution in [0.2, 0.25) is 0 Å². The molecule has 1 atom stereocenters. The highest BCUT2D eigenvalue weighted by Crippen LogP contribution is 2.16. The molecule has 1 unspecified atom stereocenters. The molecule has 0 amide bonds. The van der Waals surface area contributed by atoms with Gasteiger partial charge < -0.3 is 4.74 Å². The summed E-state index contributed by atoms with van der Waals surface area (Å²) in [4.78, 5) is 23.6. The summed E-state index contributed by atoms with van der Waals surface area (Å²) in [7, 11) is 0. The monoisotopic (exact) mass is 284 g/mol. The molecular formula is C17H32O3. The summed E-state index contributed by atoms with van der Waals surface area (Å²) in [5.74, 6) is -0.253. The van der Waals surface area contributed by atoms with Crippen LogP contribution in [-0.2, 0) is 14.3 Å². The molecular weight excluding hydrogens is 252 g/mol. The molecule has 0 saturated carbocycles. The SMILES string of the molecule is CCCCCCOC(=O)CC(=O)C(CC)CCCCC. The second-order valence-electron chi connectivity index (χ2n) is 5.53. The van der Waals surface area contributed by atoms with Crippen molar-refractivity contribution in [2.24, 2.45) is 5.92 Å². The van der Waals surface area contributed by atoms with Gasteiger partial charge in [0.15, 0.2) is 0 Å². The molecule has 3 heteroatoms. The van der Waals surface area contributed by atoms with Crippen molar-refractivity contribution >= 4 is 11.8 Å². The first-order valence-electron chi connectivity index (χ1n) is 8.33. The van der Waals surface area contributed by atoms with E-state index >= 15 is 0 Å². The number of esters is 1. The minimum Gasteiger partial charge on any atom is -0.465 e. The van der Waals surface area contributed by atoms with Crippen LogP contribution in [0, 0.1) is 5.92 Å². The minimum atomic E-state index is -0.347. The average molecular weight is 284 g/mol. The molecule has 0 radical (unpaired) electrons. The third-order valence-corrected chi connectivity index (χ3v) is 3.68. The van der Waals surface area contributed by atoms with E-state index in [1.165, 1.54) is 12.8 Å². The topological polar surface area (TPSA) is 43.4 Å². The summed E-state index contributed by atoms with van der Waals surface area (Å²) in [5.41, 5.74) is 0. The lowest BCUT2D eigenvalue weighted by Crippen LogP contribution is -2.19. The number of carbonyl (C=O) groups is 2. The molecule has 3 nitrogen and oxygen atoms in total. The molecule has 0 fully saturated rings. The van der Waals surface area contributed by atoms with Crippen LogP contribution in [0.4, 0.5) is 0 Å². The van der Waals surface area contributed by atoms with Crippen LogP contribution in [0.5, 0.6) is 0 Å². The molecule has 0 aliphatic heterocycles. The molecule has 0 N–H and O–H groups in total. The Morgan fingerprint density at radius 1 is 0.900 bits per heavy atom. The highest BCUT2D eigenvalue weighted by Gasteiger charge is 2.19. The first kappa shape index (κ1) is 19.1. The van der Waals surface area contributed by atoms with Gasteiger partial charge in [-0.05, 0) is 19.3 Å². The zero-order chi connectivity index (χ0) is 15.2. The van der Waals surface area contributed by atoms with Crippen molar-refractivity contribution in [3.63, 3.8) is 0 Å². The van der Waals surface area contributed by atoms with Gasteiger partial charge in [-0.15, -0.1) is 0 Å². The van der Waals surface area contributed by atoms with Gasteiger partial charge >= 0.3 is 5.97 Å². The molecule has 0 rings (SSSR count). The van der Waals surface area contributed by atoms with Crippen molar-refractivity contribution < 1.29 is 14.3 Å². The summed E-state index contributed by atoms with van der Waals surface area (Å²) in [5, 5.41) is 0. The van der Waals surface area contributed by atoms with Crippen LogP contribution in [0.1, 0.15) is 85.0 Å². The summed E-state index contributed by atoms with van der Waals surface area (Å²) >= 11 is 0. The summed E-state index contributed by atoms with van der Waals surface area (Å²) in [6.07, 6.45) is 9.42. The molecule has 118 valence electrons. The Morgan fingerprint density at radius 2 is 1.55 bits per heavy atom. The van der Waals surface area contributed by atoms with Crippen molar-refractivity contribution in [2.75, 3.05) is 6.61 Å². The molecule has 0 bridgehead atoms. The van der Waals surface area contributed by atoms with Gasteiger partial charge in [0.05, 0.1) is 6.61 Å². The predicted molar refractivity (Wildman–Crippen MR) is 82.6 cm³/mol. The molecule has 20 heavy (non-hydrogen) atoms. The van der Waals surface area contributed by atoms with E-state index in [0.717, 1.165) is 44.9 Å². The fourth-order valence-electron chi connectivity index (χ4n) is 2.29. The van der Waals surface area contributed by atoms with Crippen molar-refractivity contribution in [1.82, 2.24) is 0 Å². The van der Waals surface area contributed by atoms with Crippen molar-refractivity contribution in [3.05, 3.63) is 0 Å². The fraction of sp³-hybridized carbons (Fsp3) is 0.882.